The molecule has 0 aliphatic heterocycles. The van der Waals surface area contributed by atoms with Gasteiger partial charge >= 0.3 is 0 Å². The molecular weight excluding hydrogens is 302 g/mol. The average molecular weight is 318 g/mol. The lowest BCUT2D eigenvalue weighted by atomic mass is 10.2. The summed E-state index contributed by atoms with van der Waals surface area (Å²) in [6, 6.07) is 4.26. The van der Waals surface area contributed by atoms with E-state index in [0.29, 0.717) is 9.87 Å². The molecule has 5 nitrogen and oxygen atoms in total. The lowest BCUT2D eigenvalue weighted by molar-refractivity contribution is 0.126. The molecule has 0 aromatic heterocycles. The Bertz CT molecular complexity index is 651. The Labute approximate surface area is 122 Å². The first-order valence-electron chi connectivity index (χ1n) is 5.94. The average Bonchev–Trinajstić information content (AvgIpc) is 2.44. The molecule has 0 bridgehead atoms. The number of nitrogens with zero attached hydrogens (tertiary/aromatic N) is 1. The Morgan fingerprint density at radius 2 is 2.10 bits per heavy atom. The molecule has 0 spiro atoms. The highest BCUT2D eigenvalue weighted by Gasteiger charge is 2.27. The molecule has 2 N–H and O–H groups in total. The fourth-order valence-corrected chi connectivity index (χ4v) is 2.90. The largest absolute Gasteiger partial charge is 0.495 e. The number of hydrogen-bond donors (Lipinski definition) is 1. The number of methoxy groups -OCH3 is 1. The normalized spacial score (nSPS) is 11.4. The zero-order valence-electron chi connectivity index (χ0n) is 11.6. The van der Waals surface area contributed by atoms with Crippen molar-refractivity contribution in [1.82, 2.24) is 4.31 Å². The van der Waals surface area contributed by atoms with Gasteiger partial charge in [-0.25, -0.2) is 17.2 Å². The van der Waals surface area contributed by atoms with E-state index in [1.165, 1.54) is 19.2 Å². The van der Waals surface area contributed by atoms with Gasteiger partial charge < -0.3 is 10.5 Å². The minimum absolute atomic E-state index is 0.0643. The summed E-state index contributed by atoms with van der Waals surface area (Å²) in [6.07, 6.45) is -2.77. The lowest BCUT2D eigenvalue weighted by Crippen LogP contribution is -2.31. The maximum absolute atomic E-state index is 12.4. The van der Waals surface area contributed by atoms with Crippen LogP contribution in [0.2, 0.25) is 0 Å². The third kappa shape index (κ3) is 4.39. The molecule has 0 radical (unpaired) electrons. The van der Waals surface area contributed by atoms with E-state index in [2.05, 4.69) is 11.8 Å². The summed E-state index contributed by atoms with van der Waals surface area (Å²) in [7, 11) is -1.71. The third-order valence-corrected chi connectivity index (χ3v) is 4.43. The molecule has 1 aromatic rings. The van der Waals surface area contributed by atoms with Crippen LogP contribution in [-0.4, -0.2) is 46.4 Å². The summed E-state index contributed by atoms with van der Waals surface area (Å²) in [6.45, 7) is -0.774. The van der Waals surface area contributed by atoms with Crippen molar-refractivity contribution in [3.63, 3.8) is 0 Å². The van der Waals surface area contributed by atoms with E-state index >= 15 is 0 Å². The van der Waals surface area contributed by atoms with Crippen molar-refractivity contribution in [3.8, 4) is 17.6 Å². The second kappa shape index (κ2) is 7.36. The Morgan fingerprint density at radius 1 is 1.43 bits per heavy atom. The first kappa shape index (κ1) is 17.4. The molecule has 0 fully saturated rings. The first-order chi connectivity index (χ1) is 9.82. The quantitative estimate of drug-likeness (QED) is 0.819. The van der Waals surface area contributed by atoms with Gasteiger partial charge in [0, 0.05) is 12.6 Å². The number of ether oxygens (including phenoxy) is 1. The molecule has 0 aliphatic carbocycles. The van der Waals surface area contributed by atoms with Gasteiger partial charge in [-0.3, -0.25) is 0 Å². The maximum Gasteiger partial charge on any atom is 0.252 e. The molecular formula is C13H16F2N2O3S. The van der Waals surface area contributed by atoms with E-state index in [0.717, 1.165) is 7.05 Å². The minimum Gasteiger partial charge on any atom is -0.495 e. The van der Waals surface area contributed by atoms with Gasteiger partial charge in [0.15, 0.2) is 0 Å². The Balaban J connectivity index is 3.31. The fourth-order valence-electron chi connectivity index (χ4n) is 1.57. The van der Waals surface area contributed by atoms with Gasteiger partial charge in [0.2, 0.25) is 10.0 Å². The van der Waals surface area contributed by atoms with Gasteiger partial charge in [-0.05, 0) is 18.2 Å². The van der Waals surface area contributed by atoms with Crippen LogP contribution in [-0.2, 0) is 10.0 Å². The summed E-state index contributed by atoms with van der Waals surface area (Å²) in [5.74, 6) is 5.34. The highest BCUT2D eigenvalue weighted by molar-refractivity contribution is 7.89. The second-order valence-corrected chi connectivity index (χ2v) is 6.06. The molecule has 0 saturated carbocycles. The first-order valence-corrected chi connectivity index (χ1v) is 7.38. The van der Waals surface area contributed by atoms with Crippen LogP contribution in [0.1, 0.15) is 5.56 Å². The molecule has 1 rings (SSSR count). The molecule has 0 heterocycles. The molecule has 21 heavy (non-hydrogen) atoms. The predicted molar refractivity (Wildman–Crippen MR) is 74.7 cm³/mol. The molecule has 0 aliphatic rings. The van der Waals surface area contributed by atoms with Crippen LogP contribution in [0.3, 0.4) is 0 Å². The second-order valence-electron chi connectivity index (χ2n) is 4.05. The Hall–Kier alpha value is -1.69. The van der Waals surface area contributed by atoms with Crippen LogP contribution >= 0.6 is 0 Å². The monoisotopic (exact) mass is 318 g/mol. The van der Waals surface area contributed by atoms with Crippen molar-refractivity contribution in [2.75, 3.05) is 27.2 Å². The van der Waals surface area contributed by atoms with Crippen molar-refractivity contribution >= 4 is 10.0 Å². The van der Waals surface area contributed by atoms with Crippen LogP contribution in [0.15, 0.2) is 23.1 Å². The van der Waals surface area contributed by atoms with Gasteiger partial charge in [0.1, 0.15) is 10.6 Å². The summed E-state index contributed by atoms with van der Waals surface area (Å²) >= 11 is 0. The Morgan fingerprint density at radius 3 is 2.62 bits per heavy atom. The number of benzene rings is 1. The Kier molecular flexibility index (Phi) is 6.08. The van der Waals surface area contributed by atoms with E-state index in [9.17, 15) is 17.2 Å². The maximum atomic E-state index is 12.4. The zero-order valence-corrected chi connectivity index (χ0v) is 12.5. The van der Waals surface area contributed by atoms with Crippen LogP contribution in [0.25, 0.3) is 0 Å². The summed E-state index contributed by atoms with van der Waals surface area (Å²) in [5.41, 5.74) is 5.66. The van der Waals surface area contributed by atoms with E-state index < -0.39 is 23.0 Å². The molecule has 0 atom stereocenters. The van der Waals surface area contributed by atoms with Crippen molar-refractivity contribution in [2.24, 2.45) is 5.73 Å². The van der Waals surface area contributed by atoms with Gasteiger partial charge in [0.25, 0.3) is 6.43 Å². The van der Waals surface area contributed by atoms with Gasteiger partial charge in [-0.2, -0.15) is 4.31 Å². The van der Waals surface area contributed by atoms with Crippen LogP contribution in [0, 0.1) is 11.8 Å². The van der Waals surface area contributed by atoms with E-state index in [1.54, 1.807) is 6.07 Å². The van der Waals surface area contributed by atoms with Crippen LogP contribution in [0.5, 0.6) is 5.75 Å². The molecule has 1 aromatic carbocycles. The van der Waals surface area contributed by atoms with Crippen molar-refractivity contribution in [1.29, 1.82) is 0 Å². The number of rotatable bonds is 5. The number of hydrogen-bond acceptors (Lipinski definition) is 4. The van der Waals surface area contributed by atoms with Gasteiger partial charge in [0.05, 0.1) is 20.2 Å². The van der Waals surface area contributed by atoms with Crippen molar-refractivity contribution in [3.05, 3.63) is 23.8 Å². The summed E-state index contributed by atoms with van der Waals surface area (Å²) in [4.78, 5) is -0.211. The lowest BCUT2D eigenvalue weighted by Gasteiger charge is -2.18. The van der Waals surface area contributed by atoms with E-state index in [-0.39, 0.29) is 17.2 Å². The highest BCUT2D eigenvalue weighted by atomic mass is 32.2. The summed E-state index contributed by atoms with van der Waals surface area (Å²) < 4.78 is 55.0. The van der Waals surface area contributed by atoms with E-state index in [4.69, 9.17) is 10.5 Å². The molecule has 116 valence electrons. The summed E-state index contributed by atoms with van der Waals surface area (Å²) in [5, 5.41) is 0. The van der Waals surface area contributed by atoms with Crippen LogP contribution in [0.4, 0.5) is 8.78 Å². The number of sulfonamides is 1. The zero-order chi connectivity index (χ0) is 16.0. The SMILES string of the molecule is COc1ccc(C#CCN)cc1S(=O)(=O)N(C)CC(F)F. The number of nitrogens with two attached hydrogens (primary N) is 1. The number of halogens is 2. The molecule has 0 unspecified atom stereocenters. The smallest absolute Gasteiger partial charge is 0.252 e. The van der Waals surface area contributed by atoms with Gasteiger partial charge in [-0.15, -0.1) is 0 Å². The molecule has 0 saturated heterocycles. The standard InChI is InChI=1S/C13H16F2N2O3S/c1-17(9-13(14)15)21(18,19)12-8-10(4-3-7-16)5-6-11(12)20-2/h5-6,8,13H,7,9,16H2,1-2H3. The molecule has 0 amide bonds. The minimum atomic E-state index is -4.10. The predicted octanol–water partition coefficient (Wildman–Crippen LogP) is 0.891. The van der Waals surface area contributed by atoms with Crippen LogP contribution < -0.4 is 10.5 Å². The highest BCUT2D eigenvalue weighted by Crippen LogP contribution is 2.27. The molecule has 8 heteroatoms. The van der Waals surface area contributed by atoms with E-state index in [1.807, 2.05) is 0 Å². The number of alkyl halides is 2. The fraction of sp³-hybridized carbons (Fsp3) is 0.385. The van der Waals surface area contributed by atoms with Gasteiger partial charge in [-0.1, -0.05) is 11.8 Å². The topological polar surface area (TPSA) is 72.6 Å². The third-order valence-electron chi connectivity index (χ3n) is 2.58. The van der Waals surface area contributed by atoms with Crippen molar-refractivity contribution in [2.45, 2.75) is 11.3 Å². The van der Waals surface area contributed by atoms with Crippen molar-refractivity contribution < 1.29 is 21.9 Å².